The van der Waals surface area contributed by atoms with Crippen LogP contribution in [0.5, 0.6) is 11.5 Å². The fraction of sp³-hybridized carbons (Fsp3) is 0.0400. The molecule has 9 heteroatoms. The monoisotopic (exact) mass is 494 g/mol. The normalized spacial score (nSPS) is 11.6. The third-order valence-corrected chi connectivity index (χ3v) is 7.63. The predicted molar refractivity (Wildman–Crippen MR) is 132 cm³/mol. The molecule has 174 valence electrons. The molecular formula is C25H22N2O5S2. The van der Waals surface area contributed by atoms with Crippen molar-refractivity contribution in [1.29, 1.82) is 0 Å². The molecule has 34 heavy (non-hydrogen) atoms. The van der Waals surface area contributed by atoms with Crippen molar-refractivity contribution in [1.82, 2.24) is 0 Å². The van der Waals surface area contributed by atoms with Crippen molar-refractivity contribution in [3.8, 4) is 11.5 Å². The Morgan fingerprint density at radius 2 is 0.941 bits per heavy atom. The van der Waals surface area contributed by atoms with Gasteiger partial charge in [-0.2, -0.15) is 0 Å². The maximum absolute atomic E-state index is 12.7. The zero-order valence-electron chi connectivity index (χ0n) is 18.2. The van der Waals surface area contributed by atoms with Crippen molar-refractivity contribution in [2.24, 2.45) is 0 Å². The van der Waals surface area contributed by atoms with Crippen LogP contribution >= 0.6 is 0 Å². The van der Waals surface area contributed by atoms with Crippen molar-refractivity contribution >= 4 is 31.4 Å². The lowest BCUT2D eigenvalue weighted by Crippen LogP contribution is -2.14. The standard InChI is InChI=1S/C25H22N2O5S2/c1-19-7-9-20(10-8-19)26-33(28,29)24-15-11-21(12-16-24)27-34(30,31)25-17-13-23(14-18-25)32-22-5-3-2-4-6-22/h2-18,26-27H,1H3. The minimum atomic E-state index is -3.87. The maximum Gasteiger partial charge on any atom is 0.261 e. The van der Waals surface area contributed by atoms with Crippen molar-refractivity contribution in [2.45, 2.75) is 16.7 Å². The summed E-state index contributed by atoms with van der Waals surface area (Å²) in [6.45, 7) is 1.91. The van der Waals surface area contributed by atoms with Gasteiger partial charge < -0.3 is 4.74 Å². The van der Waals surface area contributed by atoms with E-state index in [4.69, 9.17) is 4.74 Å². The Hall–Kier alpha value is -3.82. The molecule has 0 radical (unpaired) electrons. The van der Waals surface area contributed by atoms with Crippen molar-refractivity contribution < 1.29 is 21.6 Å². The van der Waals surface area contributed by atoms with Gasteiger partial charge >= 0.3 is 0 Å². The molecule has 0 aliphatic carbocycles. The van der Waals surface area contributed by atoms with E-state index < -0.39 is 20.0 Å². The van der Waals surface area contributed by atoms with Gasteiger partial charge in [-0.25, -0.2) is 16.8 Å². The first-order valence-corrected chi connectivity index (χ1v) is 13.2. The fourth-order valence-electron chi connectivity index (χ4n) is 3.06. The average molecular weight is 495 g/mol. The number of rotatable bonds is 8. The van der Waals surface area contributed by atoms with E-state index in [0.717, 1.165) is 5.56 Å². The SMILES string of the molecule is Cc1ccc(NS(=O)(=O)c2ccc(NS(=O)(=O)c3ccc(Oc4ccccc4)cc3)cc2)cc1. The van der Waals surface area contributed by atoms with E-state index in [1.807, 2.05) is 25.1 Å². The van der Waals surface area contributed by atoms with E-state index in [2.05, 4.69) is 9.44 Å². The number of aryl methyl sites for hydroxylation is 1. The summed E-state index contributed by atoms with van der Waals surface area (Å²) in [5, 5.41) is 0. The van der Waals surface area contributed by atoms with Gasteiger partial charge in [-0.15, -0.1) is 0 Å². The van der Waals surface area contributed by atoms with Gasteiger partial charge in [0.2, 0.25) is 0 Å². The molecule has 4 aromatic carbocycles. The van der Waals surface area contributed by atoms with Crippen LogP contribution in [-0.2, 0) is 20.0 Å². The summed E-state index contributed by atoms with van der Waals surface area (Å²) in [6, 6.07) is 27.6. The molecule has 0 fully saturated rings. The average Bonchev–Trinajstić information content (AvgIpc) is 2.82. The number of anilines is 2. The molecule has 0 bridgehead atoms. The second-order valence-corrected chi connectivity index (χ2v) is 10.9. The molecule has 0 amide bonds. The minimum Gasteiger partial charge on any atom is -0.457 e. The molecule has 4 aromatic rings. The molecular weight excluding hydrogens is 472 g/mol. The molecule has 0 unspecified atom stereocenters. The number of sulfonamides is 2. The Morgan fingerprint density at radius 1 is 0.529 bits per heavy atom. The van der Waals surface area contributed by atoms with Crippen LogP contribution in [0.4, 0.5) is 11.4 Å². The Kier molecular flexibility index (Phi) is 6.58. The number of hydrogen-bond acceptors (Lipinski definition) is 5. The van der Waals surface area contributed by atoms with Gasteiger partial charge in [0.25, 0.3) is 20.0 Å². The highest BCUT2D eigenvalue weighted by molar-refractivity contribution is 7.93. The summed E-state index contributed by atoms with van der Waals surface area (Å²) in [4.78, 5) is 0.0593. The van der Waals surface area contributed by atoms with Gasteiger partial charge in [0, 0.05) is 11.4 Å². The van der Waals surface area contributed by atoms with Gasteiger partial charge in [0.05, 0.1) is 9.79 Å². The molecule has 0 aliphatic rings. The lowest BCUT2D eigenvalue weighted by atomic mass is 10.2. The van der Waals surface area contributed by atoms with Crippen LogP contribution in [-0.4, -0.2) is 16.8 Å². The van der Waals surface area contributed by atoms with E-state index in [1.165, 1.54) is 36.4 Å². The van der Waals surface area contributed by atoms with Crippen molar-refractivity contribution in [3.05, 3.63) is 109 Å². The van der Waals surface area contributed by atoms with Gasteiger partial charge in [0.1, 0.15) is 11.5 Å². The van der Waals surface area contributed by atoms with E-state index in [1.54, 1.807) is 48.5 Å². The number of benzene rings is 4. The van der Waals surface area contributed by atoms with E-state index in [-0.39, 0.29) is 15.5 Å². The number of ether oxygens (including phenoxy) is 1. The van der Waals surface area contributed by atoms with Gasteiger partial charge in [-0.1, -0.05) is 35.9 Å². The Labute approximate surface area is 199 Å². The van der Waals surface area contributed by atoms with Crippen LogP contribution in [0.2, 0.25) is 0 Å². The first-order chi connectivity index (χ1) is 16.2. The summed E-state index contributed by atoms with van der Waals surface area (Å²) in [7, 11) is -7.69. The molecule has 0 spiro atoms. The van der Waals surface area contributed by atoms with Crippen molar-refractivity contribution in [2.75, 3.05) is 9.44 Å². The molecule has 7 nitrogen and oxygen atoms in total. The molecule has 0 saturated carbocycles. The van der Waals surface area contributed by atoms with Crippen LogP contribution < -0.4 is 14.2 Å². The largest absolute Gasteiger partial charge is 0.457 e. The second kappa shape index (κ2) is 9.58. The first kappa shape index (κ1) is 23.3. The quantitative estimate of drug-likeness (QED) is 0.342. The van der Waals surface area contributed by atoms with Crippen LogP contribution in [0, 0.1) is 6.92 Å². The topological polar surface area (TPSA) is 102 Å². The summed E-state index contributed by atoms with van der Waals surface area (Å²) >= 11 is 0. The highest BCUT2D eigenvalue weighted by Gasteiger charge is 2.17. The number of para-hydroxylation sites is 1. The molecule has 2 N–H and O–H groups in total. The Balaban J connectivity index is 1.44. The first-order valence-electron chi connectivity index (χ1n) is 10.3. The zero-order valence-corrected chi connectivity index (χ0v) is 19.8. The van der Waals surface area contributed by atoms with Crippen LogP contribution in [0.15, 0.2) is 113 Å². The lowest BCUT2D eigenvalue weighted by molar-refractivity contribution is 0.482. The number of nitrogens with one attached hydrogen (secondary N) is 2. The highest BCUT2D eigenvalue weighted by Crippen LogP contribution is 2.24. The van der Waals surface area contributed by atoms with Gasteiger partial charge in [-0.05, 0) is 79.7 Å². The Bertz CT molecular complexity index is 1470. The lowest BCUT2D eigenvalue weighted by Gasteiger charge is -2.11. The van der Waals surface area contributed by atoms with E-state index in [9.17, 15) is 16.8 Å². The second-order valence-electron chi connectivity index (χ2n) is 7.49. The highest BCUT2D eigenvalue weighted by atomic mass is 32.2. The predicted octanol–water partition coefficient (Wildman–Crippen LogP) is 5.39. The summed E-state index contributed by atoms with van der Waals surface area (Å²) in [5.41, 5.74) is 1.69. The van der Waals surface area contributed by atoms with Gasteiger partial charge in [0.15, 0.2) is 0 Å². The van der Waals surface area contributed by atoms with Crippen molar-refractivity contribution in [3.63, 3.8) is 0 Å². The summed E-state index contributed by atoms with van der Waals surface area (Å²) < 4.78 is 61.3. The maximum atomic E-state index is 12.7. The van der Waals surface area contributed by atoms with E-state index >= 15 is 0 Å². The number of hydrogen-bond donors (Lipinski definition) is 2. The summed E-state index contributed by atoms with van der Waals surface area (Å²) in [6.07, 6.45) is 0. The molecule has 4 rings (SSSR count). The zero-order chi connectivity index (χ0) is 24.2. The van der Waals surface area contributed by atoms with Crippen LogP contribution in [0.3, 0.4) is 0 Å². The molecule has 0 heterocycles. The fourth-order valence-corrected chi connectivity index (χ4v) is 5.18. The Morgan fingerprint density at radius 3 is 1.44 bits per heavy atom. The molecule has 0 aliphatic heterocycles. The van der Waals surface area contributed by atoms with Crippen LogP contribution in [0.25, 0.3) is 0 Å². The van der Waals surface area contributed by atoms with Crippen LogP contribution in [0.1, 0.15) is 5.56 Å². The summed E-state index contributed by atoms with van der Waals surface area (Å²) in [5.74, 6) is 1.14. The third kappa shape index (κ3) is 5.75. The third-order valence-electron chi connectivity index (χ3n) is 4.83. The van der Waals surface area contributed by atoms with Gasteiger partial charge in [-0.3, -0.25) is 9.44 Å². The smallest absolute Gasteiger partial charge is 0.261 e. The molecule has 0 aromatic heterocycles. The van der Waals surface area contributed by atoms with E-state index in [0.29, 0.717) is 17.2 Å². The molecule has 0 atom stereocenters. The molecule has 0 saturated heterocycles. The minimum absolute atomic E-state index is 0.0124.